The number of ether oxygens (including phenoxy) is 2. The maximum Gasteiger partial charge on any atom is 0.414 e. The highest BCUT2D eigenvalue weighted by Gasteiger charge is 2.36. The van der Waals surface area contributed by atoms with E-state index in [9.17, 15) is 9.59 Å². The van der Waals surface area contributed by atoms with Gasteiger partial charge in [-0.25, -0.2) is 9.59 Å². The maximum atomic E-state index is 12.2. The van der Waals surface area contributed by atoms with Crippen LogP contribution in [0.25, 0.3) is 0 Å². The second-order valence-corrected chi connectivity index (χ2v) is 7.48. The molecule has 3 rings (SSSR count). The number of carbonyl (C=O) groups excluding carboxylic acids is 2. The monoisotopic (exact) mass is 382 g/mol. The van der Waals surface area contributed by atoms with Gasteiger partial charge in [-0.05, 0) is 49.4 Å². The third-order valence-corrected chi connectivity index (χ3v) is 5.45. The third-order valence-electron chi connectivity index (χ3n) is 4.24. The van der Waals surface area contributed by atoms with Crippen molar-refractivity contribution in [3.05, 3.63) is 59.7 Å². The SMILES string of the molecule is COC(=O)c1cccc(SC(C)C2CN(c3ccc(C#N)cc3)C(=O)O2)c1. The lowest BCUT2D eigenvalue weighted by molar-refractivity contribution is 0.0600. The summed E-state index contributed by atoms with van der Waals surface area (Å²) in [6.45, 7) is 2.41. The number of carbonyl (C=O) groups is 2. The Bertz CT molecular complexity index is 892. The van der Waals surface area contributed by atoms with Crippen LogP contribution in [-0.2, 0) is 9.47 Å². The van der Waals surface area contributed by atoms with Gasteiger partial charge in [-0.15, -0.1) is 11.8 Å². The number of hydrogen-bond donors (Lipinski definition) is 0. The van der Waals surface area contributed by atoms with E-state index in [2.05, 4.69) is 6.07 Å². The second-order valence-electron chi connectivity index (χ2n) is 6.03. The molecule has 0 aromatic heterocycles. The van der Waals surface area contributed by atoms with Gasteiger partial charge in [0.05, 0.1) is 30.9 Å². The van der Waals surface area contributed by atoms with Gasteiger partial charge in [-0.1, -0.05) is 6.07 Å². The Morgan fingerprint density at radius 1 is 1.33 bits per heavy atom. The highest BCUT2D eigenvalue weighted by atomic mass is 32.2. The number of hydrogen-bond acceptors (Lipinski definition) is 6. The number of esters is 1. The molecule has 1 heterocycles. The lowest BCUT2D eigenvalue weighted by atomic mass is 10.2. The zero-order valence-corrected chi connectivity index (χ0v) is 15.7. The van der Waals surface area contributed by atoms with E-state index in [4.69, 9.17) is 14.7 Å². The van der Waals surface area contributed by atoms with Crippen LogP contribution in [0, 0.1) is 11.3 Å². The minimum absolute atomic E-state index is 0.00905. The number of nitrogens with zero attached hydrogens (tertiary/aromatic N) is 2. The molecule has 1 aliphatic heterocycles. The summed E-state index contributed by atoms with van der Waals surface area (Å²) in [5.74, 6) is -0.385. The highest BCUT2D eigenvalue weighted by molar-refractivity contribution is 8.00. The van der Waals surface area contributed by atoms with Crippen LogP contribution in [0.1, 0.15) is 22.8 Å². The Morgan fingerprint density at radius 3 is 2.74 bits per heavy atom. The Balaban J connectivity index is 1.67. The van der Waals surface area contributed by atoms with Crippen molar-refractivity contribution in [1.29, 1.82) is 5.26 Å². The van der Waals surface area contributed by atoms with Crippen molar-refractivity contribution in [3.8, 4) is 6.07 Å². The minimum Gasteiger partial charge on any atom is -0.465 e. The summed E-state index contributed by atoms with van der Waals surface area (Å²) < 4.78 is 10.3. The van der Waals surface area contributed by atoms with Crippen molar-refractivity contribution in [3.63, 3.8) is 0 Å². The molecule has 0 aliphatic carbocycles. The van der Waals surface area contributed by atoms with E-state index < -0.39 is 6.09 Å². The first-order valence-corrected chi connectivity index (χ1v) is 9.23. The molecule has 1 aliphatic rings. The van der Waals surface area contributed by atoms with Crippen LogP contribution in [0.3, 0.4) is 0 Å². The fourth-order valence-corrected chi connectivity index (χ4v) is 3.84. The quantitative estimate of drug-likeness (QED) is 0.577. The van der Waals surface area contributed by atoms with Gasteiger partial charge in [0, 0.05) is 15.8 Å². The zero-order valence-electron chi connectivity index (χ0n) is 14.9. The van der Waals surface area contributed by atoms with Crippen LogP contribution in [0.2, 0.25) is 0 Å². The van der Waals surface area contributed by atoms with Gasteiger partial charge >= 0.3 is 12.1 Å². The first-order chi connectivity index (χ1) is 13.0. The summed E-state index contributed by atoms with van der Waals surface area (Å²) in [5.41, 5.74) is 1.72. The second kappa shape index (κ2) is 8.14. The summed E-state index contributed by atoms with van der Waals surface area (Å²) in [6, 6.07) is 16.0. The minimum atomic E-state index is -0.402. The predicted octanol–water partition coefficient (Wildman–Crippen LogP) is 3.85. The number of rotatable bonds is 5. The fraction of sp³-hybridized carbons (Fsp3) is 0.250. The number of cyclic esters (lactones) is 1. The molecule has 2 unspecified atom stereocenters. The van der Waals surface area contributed by atoms with E-state index >= 15 is 0 Å². The first-order valence-electron chi connectivity index (χ1n) is 8.35. The molecular weight excluding hydrogens is 364 g/mol. The molecule has 27 heavy (non-hydrogen) atoms. The Kier molecular flexibility index (Phi) is 5.67. The molecule has 1 fully saturated rings. The number of methoxy groups -OCH3 is 1. The van der Waals surface area contributed by atoms with Gasteiger partial charge in [0.1, 0.15) is 6.10 Å². The van der Waals surface area contributed by atoms with Crippen LogP contribution < -0.4 is 4.90 Å². The van der Waals surface area contributed by atoms with E-state index in [-0.39, 0.29) is 17.3 Å². The molecule has 138 valence electrons. The molecule has 2 aromatic carbocycles. The molecule has 6 nitrogen and oxygen atoms in total. The van der Waals surface area contributed by atoms with Crippen LogP contribution in [-0.4, -0.2) is 37.1 Å². The van der Waals surface area contributed by atoms with Crippen molar-refractivity contribution in [1.82, 2.24) is 0 Å². The standard InChI is InChI=1S/C20H18N2O4S/c1-13(27-17-5-3-4-15(10-17)19(23)25-2)18-12-22(20(24)26-18)16-8-6-14(11-21)7-9-16/h3-10,13,18H,12H2,1-2H3. The van der Waals surface area contributed by atoms with Gasteiger partial charge in [-0.3, -0.25) is 4.90 Å². The van der Waals surface area contributed by atoms with Gasteiger partial charge in [-0.2, -0.15) is 5.26 Å². The van der Waals surface area contributed by atoms with Gasteiger partial charge in [0.2, 0.25) is 0 Å². The number of nitriles is 1. The molecular formula is C20H18N2O4S. The van der Waals surface area contributed by atoms with Gasteiger partial charge < -0.3 is 9.47 Å². The number of benzene rings is 2. The van der Waals surface area contributed by atoms with E-state index in [1.165, 1.54) is 18.9 Å². The zero-order chi connectivity index (χ0) is 19.4. The van der Waals surface area contributed by atoms with Crippen LogP contribution in [0.5, 0.6) is 0 Å². The molecule has 0 N–H and O–H groups in total. The van der Waals surface area contributed by atoms with Crippen molar-refractivity contribution in [2.45, 2.75) is 23.2 Å². The Labute approximate surface area is 161 Å². The molecule has 0 bridgehead atoms. The Morgan fingerprint density at radius 2 is 2.07 bits per heavy atom. The van der Waals surface area contributed by atoms with Crippen molar-refractivity contribution < 1.29 is 19.1 Å². The molecule has 2 aromatic rings. The van der Waals surface area contributed by atoms with Crippen LogP contribution in [0.4, 0.5) is 10.5 Å². The van der Waals surface area contributed by atoms with E-state index in [1.807, 2.05) is 13.0 Å². The predicted molar refractivity (Wildman–Crippen MR) is 102 cm³/mol. The smallest absolute Gasteiger partial charge is 0.414 e. The lowest BCUT2D eigenvalue weighted by Crippen LogP contribution is -2.27. The van der Waals surface area contributed by atoms with Gasteiger partial charge in [0.15, 0.2) is 0 Å². The molecule has 0 radical (unpaired) electrons. The molecule has 1 amide bonds. The summed E-state index contributed by atoms with van der Waals surface area (Å²) in [5, 5.41) is 8.87. The summed E-state index contributed by atoms with van der Waals surface area (Å²) in [7, 11) is 1.35. The summed E-state index contributed by atoms with van der Waals surface area (Å²) >= 11 is 1.53. The summed E-state index contributed by atoms with van der Waals surface area (Å²) in [4.78, 5) is 26.4. The average molecular weight is 382 g/mol. The highest BCUT2D eigenvalue weighted by Crippen LogP contribution is 2.31. The van der Waals surface area contributed by atoms with E-state index in [0.29, 0.717) is 23.4 Å². The lowest BCUT2D eigenvalue weighted by Gasteiger charge is -2.17. The molecule has 0 spiro atoms. The topological polar surface area (TPSA) is 79.6 Å². The molecule has 1 saturated heterocycles. The molecule has 2 atom stereocenters. The summed E-state index contributed by atoms with van der Waals surface area (Å²) in [6.07, 6.45) is -0.694. The number of thioether (sulfide) groups is 1. The number of amides is 1. The van der Waals surface area contributed by atoms with Crippen molar-refractivity contribution in [2.75, 3.05) is 18.6 Å². The molecule has 0 saturated carbocycles. The van der Waals surface area contributed by atoms with Crippen LogP contribution >= 0.6 is 11.8 Å². The Hall–Kier alpha value is -2.98. The van der Waals surface area contributed by atoms with E-state index in [1.54, 1.807) is 47.4 Å². The normalized spacial score (nSPS) is 17.1. The van der Waals surface area contributed by atoms with Gasteiger partial charge in [0.25, 0.3) is 0 Å². The number of anilines is 1. The largest absolute Gasteiger partial charge is 0.465 e. The maximum absolute atomic E-state index is 12.2. The average Bonchev–Trinajstić information content (AvgIpc) is 3.09. The first kappa shape index (κ1) is 18.8. The third kappa shape index (κ3) is 4.23. The van der Waals surface area contributed by atoms with Crippen molar-refractivity contribution in [2.24, 2.45) is 0 Å². The fourth-order valence-electron chi connectivity index (χ4n) is 2.76. The molecule has 7 heteroatoms. The van der Waals surface area contributed by atoms with E-state index in [0.717, 1.165) is 4.90 Å². The van der Waals surface area contributed by atoms with Crippen LogP contribution in [0.15, 0.2) is 53.4 Å². The van der Waals surface area contributed by atoms with Crippen molar-refractivity contribution >= 4 is 29.5 Å².